The van der Waals surface area contributed by atoms with Crippen molar-refractivity contribution >= 4 is 27.5 Å². The van der Waals surface area contributed by atoms with E-state index >= 15 is 0 Å². The first-order valence-corrected chi connectivity index (χ1v) is 10.4. The maximum atomic E-state index is 12.6. The number of hydrogen-bond donors (Lipinski definition) is 3. The topological polar surface area (TPSA) is 148 Å². The number of nitrogens with one attached hydrogen (secondary N) is 3. The summed E-state index contributed by atoms with van der Waals surface area (Å²) in [4.78, 5) is 34.8. The minimum Gasteiger partial charge on any atom is -0.271 e. The summed E-state index contributed by atoms with van der Waals surface area (Å²) in [7, 11) is -3.97. The first kappa shape index (κ1) is 23.0. The van der Waals surface area contributed by atoms with Gasteiger partial charge in [-0.3, -0.25) is 30.6 Å². The summed E-state index contributed by atoms with van der Waals surface area (Å²) in [5, 5.41) is 10.8. The van der Waals surface area contributed by atoms with Crippen LogP contribution in [0.25, 0.3) is 0 Å². The Kier molecular flexibility index (Phi) is 7.24. The van der Waals surface area contributed by atoms with E-state index in [1.165, 1.54) is 30.3 Å². The number of rotatable bonds is 7. The van der Waals surface area contributed by atoms with Crippen LogP contribution in [0, 0.1) is 23.0 Å². The molecule has 1 atom stereocenters. The van der Waals surface area contributed by atoms with Crippen LogP contribution < -0.4 is 15.6 Å². The van der Waals surface area contributed by atoms with Gasteiger partial charge in [0.05, 0.1) is 9.82 Å². The average molecular weight is 434 g/mol. The number of non-ortho nitro benzene ring substituents is 1. The third kappa shape index (κ3) is 5.84. The van der Waals surface area contributed by atoms with Crippen LogP contribution in [0.1, 0.15) is 29.8 Å². The molecule has 2 aromatic rings. The summed E-state index contributed by atoms with van der Waals surface area (Å²) in [5.41, 5.74) is 4.87. The third-order valence-electron chi connectivity index (χ3n) is 4.18. The fourth-order valence-electron chi connectivity index (χ4n) is 2.47. The Bertz CT molecular complexity index is 1050. The van der Waals surface area contributed by atoms with Crippen LogP contribution >= 0.6 is 0 Å². The van der Waals surface area contributed by atoms with Crippen molar-refractivity contribution in [2.45, 2.75) is 31.7 Å². The molecule has 10 nitrogen and oxygen atoms in total. The van der Waals surface area contributed by atoms with Crippen LogP contribution in [0.15, 0.2) is 53.4 Å². The van der Waals surface area contributed by atoms with Gasteiger partial charge < -0.3 is 0 Å². The lowest BCUT2D eigenvalue weighted by molar-refractivity contribution is -0.384. The molecule has 0 saturated heterocycles. The van der Waals surface area contributed by atoms with E-state index in [0.717, 1.165) is 11.6 Å². The van der Waals surface area contributed by atoms with Gasteiger partial charge in [-0.25, -0.2) is 8.42 Å². The van der Waals surface area contributed by atoms with Gasteiger partial charge in [-0.1, -0.05) is 37.6 Å². The Morgan fingerprint density at radius 2 is 1.67 bits per heavy atom. The van der Waals surface area contributed by atoms with E-state index in [1.54, 1.807) is 26.0 Å². The minimum absolute atomic E-state index is 0.00665. The highest BCUT2D eigenvalue weighted by Gasteiger charge is 2.28. The Morgan fingerprint density at radius 3 is 2.23 bits per heavy atom. The number of carbonyl (C=O) groups is 2. The van der Waals surface area contributed by atoms with Crippen molar-refractivity contribution in [1.29, 1.82) is 0 Å². The second-order valence-corrected chi connectivity index (χ2v) is 8.62. The molecule has 2 aromatic carbocycles. The maximum absolute atomic E-state index is 12.6. The van der Waals surface area contributed by atoms with Crippen molar-refractivity contribution in [2.24, 2.45) is 5.92 Å². The molecule has 0 heterocycles. The molecule has 0 fully saturated rings. The Balaban J connectivity index is 2.08. The van der Waals surface area contributed by atoms with E-state index in [0.29, 0.717) is 0 Å². The van der Waals surface area contributed by atoms with Crippen molar-refractivity contribution < 1.29 is 22.9 Å². The molecule has 0 unspecified atom stereocenters. The van der Waals surface area contributed by atoms with Gasteiger partial charge in [0.1, 0.15) is 6.04 Å². The normalized spacial score (nSPS) is 12.3. The van der Waals surface area contributed by atoms with Crippen LogP contribution in [-0.4, -0.2) is 31.2 Å². The summed E-state index contributed by atoms with van der Waals surface area (Å²) in [6.07, 6.45) is 0. The largest absolute Gasteiger partial charge is 0.271 e. The van der Waals surface area contributed by atoms with Gasteiger partial charge >= 0.3 is 0 Å². The number of nitro groups is 1. The van der Waals surface area contributed by atoms with Crippen LogP contribution in [0.5, 0.6) is 0 Å². The Labute approximate surface area is 173 Å². The molecule has 0 aromatic heterocycles. The second-order valence-electron chi connectivity index (χ2n) is 6.91. The van der Waals surface area contributed by atoms with E-state index < -0.39 is 38.7 Å². The van der Waals surface area contributed by atoms with Gasteiger partial charge in [-0.2, -0.15) is 4.72 Å². The molecule has 0 bridgehead atoms. The molecule has 0 aliphatic carbocycles. The summed E-state index contributed by atoms with van der Waals surface area (Å²) < 4.78 is 27.5. The van der Waals surface area contributed by atoms with Crippen molar-refractivity contribution in [3.8, 4) is 0 Å². The number of nitrogens with zero attached hydrogens (tertiary/aromatic N) is 1. The van der Waals surface area contributed by atoms with Crippen LogP contribution in [0.2, 0.25) is 0 Å². The quantitative estimate of drug-likeness (QED) is 0.446. The zero-order chi connectivity index (χ0) is 22.5. The number of sulfonamides is 1. The van der Waals surface area contributed by atoms with Crippen molar-refractivity contribution in [1.82, 2.24) is 15.6 Å². The monoisotopic (exact) mass is 434 g/mol. The fraction of sp³-hybridized carbons (Fsp3) is 0.263. The predicted octanol–water partition coefficient (Wildman–Crippen LogP) is 1.67. The highest BCUT2D eigenvalue weighted by Crippen LogP contribution is 2.14. The van der Waals surface area contributed by atoms with E-state index in [1.807, 2.05) is 6.92 Å². The van der Waals surface area contributed by atoms with Gasteiger partial charge in [-0.15, -0.1) is 0 Å². The van der Waals surface area contributed by atoms with E-state index in [4.69, 9.17) is 0 Å². The van der Waals surface area contributed by atoms with Gasteiger partial charge in [-0.05, 0) is 31.0 Å². The zero-order valence-electron chi connectivity index (χ0n) is 16.6. The minimum atomic E-state index is -3.97. The molecule has 0 saturated carbocycles. The number of benzene rings is 2. The molecular weight excluding hydrogens is 412 g/mol. The number of hydrogen-bond acceptors (Lipinski definition) is 6. The van der Waals surface area contributed by atoms with E-state index in [9.17, 15) is 28.1 Å². The number of carbonyl (C=O) groups excluding carboxylic acids is 2. The number of amides is 2. The number of aryl methyl sites for hydroxylation is 1. The molecule has 0 aliphatic rings. The molecule has 0 aliphatic heterocycles. The van der Waals surface area contributed by atoms with Crippen LogP contribution in [0.3, 0.4) is 0 Å². The smallest absolute Gasteiger partial charge is 0.270 e. The summed E-state index contributed by atoms with van der Waals surface area (Å²) in [6.45, 7) is 5.10. The molecule has 3 N–H and O–H groups in total. The highest BCUT2D eigenvalue weighted by molar-refractivity contribution is 7.89. The Morgan fingerprint density at radius 1 is 1.03 bits per heavy atom. The number of nitro benzene ring substituents is 1. The van der Waals surface area contributed by atoms with Crippen molar-refractivity contribution in [3.05, 3.63) is 69.8 Å². The molecule has 0 radical (unpaired) electrons. The lowest BCUT2D eigenvalue weighted by atomic mass is 10.1. The fourth-order valence-corrected chi connectivity index (χ4v) is 3.82. The third-order valence-corrected chi connectivity index (χ3v) is 5.64. The molecule has 0 spiro atoms. The molecule has 160 valence electrons. The van der Waals surface area contributed by atoms with Gasteiger partial charge in [0.2, 0.25) is 10.0 Å². The summed E-state index contributed by atoms with van der Waals surface area (Å²) >= 11 is 0. The van der Waals surface area contributed by atoms with Crippen molar-refractivity contribution in [3.63, 3.8) is 0 Å². The zero-order valence-corrected chi connectivity index (χ0v) is 17.4. The molecule has 2 rings (SSSR count). The van der Waals surface area contributed by atoms with Crippen molar-refractivity contribution in [2.75, 3.05) is 0 Å². The van der Waals surface area contributed by atoms with Crippen LogP contribution in [-0.2, 0) is 14.8 Å². The maximum Gasteiger partial charge on any atom is 0.270 e. The number of hydrazine groups is 1. The lowest BCUT2D eigenvalue weighted by Gasteiger charge is -2.21. The molecule has 30 heavy (non-hydrogen) atoms. The van der Waals surface area contributed by atoms with Gasteiger partial charge in [0.25, 0.3) is 17.5 Å². The predicted molar refractivity (Wildman–Crippen MR) is 109 cm³/mol. The first-order chi connectivity index (χ1) is 14.0. The molecular formula is C19H22N4O6S. The van der Waals surface area contributed by atoms with E-state index in [2.05, 4.69) is 15.6 Å². The second kappa shape index (κ2) is 9.46. The first-order valence-electron chi connectivity index (χ1n) is 8.95. The van der Waals surface area contributed by atoms with E-state index in [-0.39, 0.29) is 16.1 Å². The lowest BCUT2D eigenvalue weighted by Crippen LogP contribution is -2.54. The highest BCUT2D eigenvalue weighted by atomic mass is 32.2. The Hall–Kier alpha value is -3.31. The summed E-state index contributed by atoms with van der Waals surface area (Å²) in [5.74, 6) is -1.99. The van der Waals surface area contributed by atoms with Gasteiger partial charge in [0.15, 0.2) is 0 Å². The molecule has 11 heteroatoms. The SMILES string of the molecule is Cc1ccc(S(=O)(=O)N[C@H](C(=O)NNC(=O)c2cccc([N+](=O)[O-])c2)C(C)C)cc1. The van der Waals surface area contributed by atoms with Gasteiger partial charge in [0, 0.05) is 17.7 Å². The van der Waals surface area contributed by atoms with Crippen LogP contribution in [0.4, 0.5) is 5.69 Å². The average Bonchev–Trinajstić information content (AvgIpc) is 2.70. The summed E-state index contributed by atoms with van der Waals surface area (Å²) in [6, 6.07) is 9.92. The molecule has 2 amide bonds. The standard InChI is InChI=1S/C19H22N4O6S/c1-12(2)17(22-30(28,29)16-9-7-13(3)8-10-16)19(25)21-20-18(24)14-5-4-6-15(11-14)23(26)27/h4-12,17,22H,1-3H3,(H,20,24)(H,21,25)/t17-/m0/s1.